The third-order valence-corrected chi connectivity index (χ3v) is 3.57. The zero-order valence-electron chi connectivity index (χ0n) is 11.9. The van der Waals surface area contributed by atoms with E-state index in [4.69, 9.17) is 4.74 Å². The molecular formula is C14H26N2O2. The number of nitrogens with zero attached hydrogens (tertiary/aromatic N) is 1. The SMILES string of the molecule is CC(C)(C)OC(=O)NC[C@H]1CCCCN1C1CC1. The Kier molecular flexibility index (Phi) is 4.15. The van der Waals surface area contributed by atoms with Gasteiger partial charge in [0, 0.05) is 18.6 Å². The van der Waals surface area contributed by atoms with Crippen molar-refractivity contribution in [3.8, 4) is 0 Å². The normalized spacial score (nSPS) is 25.8. The zero-order valence-corrected chi connectivity index (χ0v) is 11.9. The first-order valence-electron chi connectivity index (χ1n) is 7.18. The van der Waals surface area contributed by atoms with E-state index in [0.717, 1.165) is 12.6 Å². The fourth-order valence-corrected chi connectivity index (χ4v) is 2.64. The molecule has 0 bridgehead atoms. The van der Waals surface area contributed by atoms with Crippen LogP contribution in [0.15, 0.2) is 0 Å². The molecule has 1 saturated heterocycles. The molecule has 0 aromatic rings. The van der Waals surface area contributed by atoms with Gasteiger partial charge in [-0.2, -0.15) is 0 Å². The van der Waals surface area contributed by atoms with Gasteiger partial charge in [-0.3, -0.25) is 4.90 Å². The van der Waals surface area contributed by atoms with Gasteiger partial charge >= 0.3 is 6.09 Å². The fraction of sp³-hybridized carbons (Fsp3) is 0.929. The topological polar surface area (TPSA) is 41.6 Å². The first-order chi connectivity index (χ1) is 8.46. The molecule has 0 radical (unpaired) electrons. The lowest BCUT2D eigenvalue weighted by Gasteiger charge is -2.36. The van der Waals surface area contributed by atoms with Gasteiger partial charge in [-0.05, 0) is 53.0 Å². The van der Waals surface area contributed by atoms with E-state index in [1.165, 1.54) is 38.6 Å². The van der Waals surface area contributed by atoms with Crippen LogP contribution in [0.25, 0.3) is 0 Å². The Morgan fingerprint density at radius 3 is 2.61 bits per heavy atom. The Morgan fingerprint density at radius 1 is 1.28 bits per heavy atom. The summed E-state index contributed by atoms with van der Waals surface area (Å²) < 4.78 is 5.27. The highest BCUT2D eigenvalue weighted by Crippen LogP contribution is 2.32. The minimum atomic E-state index is -0.410. The van der Waals surface area contributed by atoms with Crippen LogP contribution in [0.1, 0.15) is 52.9 Å². The second kappa shape index (κ2) is 5.47. The van der Waals surface area contributed by atoms with Crippen LogP contribution in [0.2, 0.25) is 0 Å². The van der Waals surface area contributed by atoms with E-state index in [9.17, 15) is 4.79 Å². The molecule has 0 aromatic heterocycles. The van der Waals surface area contributed by atoms with Gasteiger partial charge in [0.05, 0.1) is 0 Å². The van der Waals surface area contributed by atoms with E-state index in [1.54, 1.807) is 0 Å². The minimum Gasteiger partial charge on any atom is -0.444 e. The fourth-order valence-electron chi connectivity index (χ4n) is 2.64. The number of carbonyl (C=O) groups is 1. The molecule has 1 saturated carbocycles. The molecule has 1 aliphatic heterocycles. The summed E-state index contributed by atoms with van der Waals surface area (Å²) in [6.07, 6.45) is 6.17. The molecule has 0 spiro atoms. The highest BCUT2D eigenvalue weighted by Gasteiger charge is 2.35. The number of hydrogen-bond donors (Lipinski definition) is 1. The molecule has 2 fully saturated rings. The lowest BCUT2D eigenvalue weighted by atomic mass is 10.0. The smallest absolute Gasteiger partial charge is 0.407 e. The molecule has 2 aliphatic rings. The van der Waals surface area contributed by atoms with E-state index < -0.39 is 5.60 Å². The van der Waals surface area contributed by atoms with Crippen LogP contribution in [0.5, 0.6) is 0 Å². The lowest BCUT2D eigenvalue weighted by molar-refractivity contribution is 0.0491. The maximum absolute atomic E-state index is 11.6. The number of rotatable bonds is 3. The van der Waals surface area contributed by atoms with Crippen molar-refractivity contribution in [3.63, 3.8) is 0 Å². The number of ether oxygens (including phenoxy) is 1. The van der Waals surface area contributed by atoms with Crippen LogP contribution in [0.4, 0.5) is 4.79 Å². The molecule has 1 amide bonds. The summed E-state index contributed by atoms with van der Waals surface area (Å²) in [7, 11) is 0. The monoisotopic (exact) mass is 254 g/mol. The third-order valence-electron chi connectivity index (χ3n) is 3.57. The van der Waals surface area contributed by atoms with Crippen molar-refractivity contribution in [2.45, 2.75) is 70.6 Å². The zero-order chi connectivity index (χ0) is 13.2. The van der Waals surface area contributed by atoms with E-state index in [2.05, 4.69) is 10.2 Å². The molecule has 2 rings (SSSR count). The third kappa shape index (κ3) is 4.16. The largest absolute Gasteiger partial charge is 0.444 e. The van der Waals surface area contributed by atoms with Crippen molar-refractivity contribution in [2.75, 3.05) is 13.1 Å². The predicted molar refractivity (Wildman–Crippen MR) is 71.6 cm³/mol. The standard InChI is InChI=1S/C14H26N2O2/c1-14(2,3)18-13(17)15-10-12-6-4-5-9-16(12)11-7-8-11/h11-12H,4-10H2,1-3H3,(H,15,17)/t12-/m1/s1. The number of hydrogen-bond acceptors (Lipinski definition) is 3. The van der Waals surface area contributed by atoms with Crippen molar-refractivity contribution in [3.05, 3.63) is 0 Å². The van der Waals surface area contributed by atoms with Crippen molar-refractivity contribution < 1.29 is 9.53 Å². The molecule has 18 heavy (non-hydrogen) atoms. The van der Waals surface area contributed by atoms with Crippen molar-refractivity contribution in [1.29, 1.82) is 0 Å². The molecule has 1 atom stereocenters. The van der Waals surface area contributed by atoms with Crippen molar-refractivity contribution in [1.82, 2.24) is 10.2 Å². The summed E-state index contributed by atoms with van der Waals surface area (Å²) in [5, 5.41) is 2.92. The Bertz CT molecular complexity index is 295. The maximum atomic E-state index is 11.6. The lowest BCUT2D eigenvalue weighted by Crippen LogP contribution is -2.48. The molecule has 0 aromatic carbocycles. The molecule has 1 heterocycles. The minimum absolute atomic E-state index is 0.288. The summed E-state index contributed by atoms with van der Waals surface area (Å²) in [6.45, 7) is 7.60. The van der Waals surface area contributed by atoms with E-state index in [-0.39, 0.29) is 6.09 Å². The number of carbonyl (C=O) groups excluding carboxylic acids is 1. The van der Waals surface area contributed by atoms with Crippen molar-refractivity contribution in [2.24, 2.45) is 0 Å². The Balaban J connectivity index is 1.75. The molecule has 1 N–H and O–H groups in total. The number of alkyl carbamates (subject to hydrolysis) is 1. The number of piperidine rings is 1. The van der Waals surface area contributed by atoms with Gasteiger partial charge in [0.25, 0.3) is 0 Å². The van der Waals surface area contributed by atoms with E-state index in [1.807, 2.05) is 20.8 Å². The molecule has 4 nitrogen and oxygen atoms in total. The van der Waals surface area contributed by atoms with E-state index >= 15 is 0 Å². The molecule has 4 heteroatoms. The van der Waals surface area contributed by atoms with Crippen LogP contribution < -0.4 is 5.32 Å². The van der Waals surface area contributed by atoms with Gasteiger partial charge in [-0.25, -0.2) is 4.79 Å². The second-order valence-electron chi connectivity index (χ2n) is 6.50. The second-order valence-corrected chi connectivity index (χ2v) is 6.50. The summed E-state index contributed by atoms with van der Waals surface area (Å²) >= 11 is 0. The average Bonchev–Trinajstić information content (AvgIpc) is 3.08. The molecule has 104 valence electrons. The van der Waals surface area contributed by atoms with Gasteiger partial charge in [-0.15, -0.1) is 0 Å². The molecule has 0 unspecified atom stereocenters. The van der Waals surface area contributed by atoms with Gasteiger partial charge in [0.1, 0.15) is 5.60 Å². The number of amides is 1. The highest BCUT2D eigenvalue weighted by atomic mass is 16.6. The van der Waals surface area contributed by atoms with Crippen molar-refractivity contribution >= 4 is 6.09 Å². The maximum Gasteiger partial charge on any atom is 0.407 e. The summed E-state index contributed by atoms with van der Waals surface area (Å²) in [5.74, 6) is 0. The first kappa shape index (κ1) is 13.7. The van der Waals surface area contributed by atoms with Gasteiger partial charge in [0.15, 0.2) is 0 Å². The average molecular weight is 254 g/mol. The Morgan fingerprint density at radius 2 is 2.00 bits per heavy atom. The van der Waals surface area contributed by atoms with Crippen LogP contribution >= 0.6 is 0 Å². The molecular weight excluding hydrogens is 228 g/mol. The quantitative estimate of drug-likeness (QED) is 0.841. The summed E-state index contributed by atoms with van der Waals surface area (Å²) in [5.41, 5.74) is -0.410. The van der Waals surface area contributed by atoms with Crippen LogP contribution in [-0.4, -0.2) is 41.8 Å². The number of likely N-dealkylation sites (tertiary alicyclic amines) is 1. The Labute approximate surface area is 110 Å². The number of nitrogens with one attached hydrogen (secondary N) is 1. The van der Waals surface area contributed by atoms with Gasteiger partial charge < -0.3 is 10.1 Å². The Hall–Kier alpha value is -0.770. The van der Waals surface area contributed by atoms with Gasteiger partial charge in [0.2, 0.25) is 0 Å². The highest BCUT2D eigenvalue weighted by molar-refractivity contribution is 5.67. The summed E-state index contributed by atoms with van der Waals surface area (Å²) in [6, 6.07) is 1.30. The van der Waals surface area contributed by atoms with Crippen LogP contribution in [-0.2, 0) is 4.74 Å². The van der Waals surface area contributed by atoms with Crippen LogP contribution in [0, 0.1) is 0 Å². The molecule has 1 aliphatic carbocycles. The van der Waals surface area contributed by atoms with Crippen LogP contribution in [0.3, 0.4) is 0 Å². The predicted octanol–water partition coefficient (Wildman–Crippen LogP) is 2.53. The first-order valence-corrected chi connectivity index (χ1v) is 7.18. The van der Waals surface area contributed by atoms with E-state index in [0.29, 0.717) is 6.04 Å². The van der Waals surface area contributed by atoms with Gasteiger partial charge in [-0.1, -0.05) is 6.42 Å². The summed E-state index contributed by atoms with van der Waals surface area (Å²) in [4.78, 5) is 14.2.